The Kier molecular flexibility index (Phi) is 5.25. The minimum Gasteiger partial charge on any atom is -0.369 e. The van der Waals surface area contributed by atoms with Crippen LogP contribution in [0.15, 0.2) is 85.1 Å². The fraction of sp³-hybridized carbons (Fsp3) is 0.0435. The highest BCUT2D eigenvalue weighted by Gasteiger charge is 2.06. The average molecular weight is 383 g/mol. The van der Waals surface area contributed by atoms with E-state index in [0.717, 1.165) is 23.4 Å². The number of aromatic nitrogens is 2. The molecule has 1 aromatic heterocycles. The van der Waals surface area contributed by atoms with Gasteiger partial charge in [0.05, 0.1) is 11.9 Å². The number of anilines is 3. The van der Waals surface area contributed by atoms with Crippen LogP contribution in [0, 0.1) is 0 Å². The SMILES string of the molecule is Nc1ncc(-c2cccc(NC(=O)Nc3ccc(Cc4ccccc4)cc3)c2)[nH]1. The van der Waals surface area contributed by atoms with Crippen molar-refractivity contribution in [2.45, 2.75) is 6.42 Å². The molecule has 0 fully saturated rings. The molecule has 5 N–H and O–H groups in total. The van der Waals surface area contributed by atoms with E-state index in [1.54, 1.807) is 6.20 Å². The number of aromatic amines is 1. The Morgan fingerprint density at radius 1 is 0.862 bits per heavy atom. The Morgan fingerprint density at radius 3 is 2.31 bits per heavy atom. The zero-order chi connectivity index (χ0) is 20.1. The van der Waals surface area contributed by atoms with Crippen LogP contribution >= 0.6 is 0 Å². The number of urea groups is 1. The first-order valence-electron chi connectivity index (χ1n) is 9.27. The second-order valence-electron chi connectivity index (χ2n) is 6.70. The van der Waals surface area contributed by atoms with Gasteiger partial charge in [0.2, 0.25) is 0 Å². The molecule has 0 unspecified atom stereocenters. The lowest BCUT2D eigenvalue weighted by Crippen LogP contribution is -2.19. The molecule has 0 radical (unpaired) electrons. The molecular weight excluding hydrogens is 362 g/mol. The van der Waals surface area contributed by atoms with Crippen LogP contribution in [0.3, 0.4) is 0 Å². The van der Waals surface area contributed by atoms with E-state index in [9.17, 15) is 4.79 Å². The second-order valence-corrected chi connectivity index (χ2v) is 6.70. The molecule has 0 atom stereocenters. The number of benzene rings is 3. The summed E-state index contributed by atoms with van der Waals surface area (Å²) in [4.78, 5) is 19.3. The highest BCUT2D eigenvalue weighted by atomic mass is 16.2. The summed E-state index contributed by atoms with van der Waals surface area (Å²) in [6, 6.07) is 25.3. The third kappa shape index (κ3) is 4.81. The monoisotopic (exact) mass is 383 g/mol. The van der Waals surface area contributed by atoms with Crippen LogP contribution < -0.4 is 16.4 Å². The van der Waals surface area contributed by atoms with E-state index in [1.807, 2.05) is 66.7 Å². The number of imidazole rings is 1. The molecule has 144 valence electrons. The fourth-order valence-corrected chi connectivity index (χ4v) is 3.08. The van der Waals surface area contributed by atoms with E-state index >= 15 is 0 Å². The summed E-state index contributed by atoms with van der Waals surface area (Å²) in [5.74, 6) is 0.354. The van der Waals surface area contributed by atoms with Crippen LogP contribution in [0.5, 0.6) is 0 Å². The number of hydrogen-bond acceptors (Lipinski definition) is 3. The minimum absolute atomic E-state index is 0.304. The third-order valence-corrected chi connectivity index (χ3v) is 4.49. The second kappa shape index (κ2) is 8.31. The highest BCUT2D eigenvalue weighted by molar-refractivity contribution is 6.00. The highest BCUT2D eigenvalue weighted by Crippen LogP contribution is 2.22. The molecule has 1 heterocycles. The molecule has 6 nitrogen and oxygen atoms in total. The lowest BCUT2D eigenvalue weighted by Gasteiger charge is -2.09. The quantitative estimate of drug-likeness (QED) is 0.395. The van der Waals surface area contributed by atoms with Crippen molar-refractivity contribution < 1.29 is 4.79 Å². The van der Waals surface area contributed by atoms with Crippen molar-refractivity contribution in [3.05, 3.63) is 96.2 Å². The van der Waals surface area contributed by atoms with Crippen molar-refractivity contribution >= 4 is 23.4 Å². The predicted octanol–water partition coefficient (Wildman–Crippen LogP) is 4.89. The van der Waals surface area contributed by atoms with Gasteiger partial charge < -0.3 is 21.4 Å². The lowest BCUT2D eigenvalue weighted by atomic mass is 10.0. The first-order chi connectivity index (χ1) is 14.2. The Labute approximate surface area is 168 Å². The van der Waals surface area contributed by atoms with Gasteiger partial charge in [-0.15, -0.1) is 0 Å². The van der Waals surface area contributed by atoms with Crippen molar-refractivity contribution in [2.24, 2.45) is 0 Å². The first kappa shape index (κ1) is 18.3. The molecule has 6 heteroatoms. The molecule has 0 aliphatic carbocycles. The van der Waals surface area contributed by atoms with Gasteiger partial charge >= 0.3 is 6.03 Å². The van der Waals surface area contributed by atoms with E-state index in [2.05, 4.69) is 32.7 Å². The molecule has 0 spiro atoms. The lowest BCUT2D eigenvalue weighted by molar-refractivity contribution is 0.262. The maximum Gasteiger partial charge on any atom is 0.323 e. The molecule has 3 aromatic carbocycles. The van der Waals surface area contributed by atoms with Crippen LogP contribution in [-0.4, -0.2) is 16.0 Å². The number of amides is 2. The Morgan fingerprint density at radius 2 is 1.59 bits per heavy atom. The number of nitrogens with zero attached hydrogens (tertiary/aromatic N) is 1. The number of nitrogens with two attached hydrogens (primary N) is 1. The summed E-state index contributed by atoms with van der Waals surface area (Å²) in [6.07, 6.45) is 2.52. The number of nitrogen functional groups attached to an aromatic ring is 1. The molecule has 0 aliphatic heterocycles. The number of hydrogen-bond donors (Lipinski definition) is 4. The van der Waals surface area contributed by atoms with Crippen LogP contribution in [0.2, 0.25) is 0 Å². The van der Waals surface area contributed by atoms with Gasteiger partial charge in [-0.2, -0.15) is 0 Å². The first-order valence-corrected chi connectivity index (χ1v) is 9.27. The van der Waals surface area contributed by atoms with Crippen LogP contribution in [0.4, 0.5) is 22.1 Å². The number of carbonyl (C=O) groups excluding carboxylic acids is 1. The third-order valence-electron chi connectivity index (χ3n) is 4.49. The number of H-pyrrole nitrogens is 1. The zero-order valence-electron chi connectivity index (χ0n) is 15.7. The van der Waals surface area contributed by atoms with Crippen molar-refractivity contribution in [3.8, 4) is 11.3 Å². The van der Waals surface area contributed by atoms with Gasteiger partial charge in [0.25, 0.3) is 0 Å². The molecule has 29 heavy (non-hydrogen) atoms. The average Bonchev–Trinajstić information content (AvgIpc) is 3.17. The van der Waals surface area contributed by atoms with Crippen LogP contribution in [-0.2, 0) is 6.42 Å². The molecule has 4 rings (SSSR count). The van der Waals surface area contributed by atoms with Gasteiger partial charge in [-0.1, -0.05) is 54.6 Å². The van der Waals surface area contributed by atoms with E-state index in [0.29, 0.717) is 11.6 Å². The Balaban J connectivity index is 1.37. The standard InChI is InChI=1S/C23H21N5O/c24-22-25-15-21(28-22)18-7-4-8-20(14-18)27-23(29)26-19-11-9-17(10-12-19)13-16-5-2-1-3-6-16/h1-12,14-15H,13H2,(H3,24,25,28)(H2,26,27,29). The molecule has 2 amide bonds. The predicted molar refractivity (Wildman–Crippen MR) is 117 cm³/mol. The summed E-state index contributed by atoms with van der Waals surface area (Å²) in [7, 11) is 0. The van der Waals surface area contributed by atoms with Crippen LogP contribution in [0.1, 0.15) is 11.1 Å². The summed E-state index contributed by atoms with van der Waals surface area (Å²) in [6.45, 7) is 0. The maximum atomic E-state index is 12.3. The summed E-state index contributed by atoms with van der Waals surface area (Å²) >= 11 is 0. The van der Waals surface area contributed by atoms with E-state index in [4.69, 9.17) is 5.73 Å². The van der Waals surface area contributed by atoms with E-state index in [1.165, 1.54) is 11.1 Å². The minimum atomic E-state index is -0.304. The molecule has 4 aromatic rings. The topological polar surface area (TPSA) is 95.8 Å². The van der Waals surface area contributed by atoms with Gasteiger partial charge in [-0.05, 0) is 41.8 Å². The van der Waals surface area contributed by atoms with Crippen molar-refractivity contribution in [1.82, 2.24) is 9.97 Å². The van der Waals surface area contributed by atoms with E-state index in [-0.39, 0.29) is 6.03 Å². The normalized spacial score (nSPS) is 10.5. The molecule has 0 aliphatic rings. The molecule has 0 bridgehead atoms. The van der Waals surface area contributed by atoms with E-state index < -0.39 is 0 Å². The van der Waals surface area contributed by atoms with Gasteiger partial charge in [0.1, 0.15) is 0 Å². The Hall–Kier alpha value is -4.06. The van der Waals surface area contributed by atoms with Crippen LogP contribution in [0.25, 0.3) is 11.3 Å². The number of carbonyl (C=O) groups is 1. The van der Waals surface area contributed by atoms with Gasteiger partial charge in [0, 0.05) is 16.9 Å². The van der Waals surface area contributed by atoms with Gasteiger partial charge in [0.15, 0.2) is 5.95 Å². The maximum absolute atomic E-state index is 12.3. The van der Waals surface area contributed by atoms with Crippen molar-refractivity contribution in [2.75, 3.05) is 16.4 Å². The Bertz CT molecular complexity index is 1100. The molecular formula is C23H21N5O. The van der Waals surface area contributed by atoms with Gasteiger partial charge in [-0.25, -0.2) is 9.78 Å². The van der Waals surface area contributed by atoms with Crippen molar-refractivity contribution in [3.63, 3.8) is 0 Å². The fourth-order valence-electron chi connectivity index (χ4n) is 3.08. The summed E-state index contributed by atoms with van der Waals surface area (Å²) in [5, 5.41) is 5.70. The number of rotatable bonds is 5. The molecule has 0 saturated carbocycles. The zero-order valence-corrected chi connectivity index (χ0v) is 15.7. The van der Waals surface area contributed by atoms with Crippen molar-refractivity contribution in [1.29, 1.82) is 0 Å². The number of nitrogens with one attached hydrogen (secondary N) is 3. The summed E-state index contributed by atoms with van der Waals surface area (Å²) in [5.41, 5.74) is 11.2. The largest absolute Gasteiger partial charge is 0.369 e. The summed E-state index contributed by atoms with van der Waals surface area (Å²) < 4.78 is 0. The molecule has 0 saturated heterocycles. The van der Waals surface area contributed by atoms with Gasteiger partial charge in [-0.3, -0.25) is 0 Å². The smallest absolute Gasteiger partial charge is 0.323 e.